The molecule has 3 N–H and O–H groups in total. The zero-order valence-electron chi connectivity index (χ0n) is 12.0. The predicted octanol–water partition coefficient (Wildman–Crippen LogP) is 1.66. The third-order valence-corrected chi connectivity index (χ3v) is 3.27. The molecular weight excluding hydrogens is 238 g/mol. The minimum atomic E-state index is 0.115. The van der Waals surface area contributed by atoms with E-state index in [1.54, 1.807) is 0 Å². The van der Waals surface area contributed by atoms with Gasteiger partial charge in [0.05, 0.1) is 0 Å². The summed E-state index contributed by atoms with van der Waals surface area (Å²) in [5.41, 5.74) is 7.52. The summed E-state index contributed by atoms with van der Waals surface area (Å²) in [7, 11) is 0. The van der Waals surface area contributed by atoms with Gasteiger partial charge in [0.15, 0.2) is 0 Å². The predicted molar refractivity (Wildman–Crippen MR) is 80.0 cm³/mol. The molecule has 0 aliphatic rings. The smallest absolute Gasteiger partial charge is 0.220 e. The molecule has 1 aromatic carbocycles. The van der Waals surface area contributed by atoms with Crippen LogP contribution in [-0.4, -0.2) is 37.0 Å². The summed E-state index contributed by atoms with van der Waals surface area (Å²) >= 11 is 0. The SMILES string of the molecule is CCN(CC)CCNC(=O)CCc1ccc(N)cc1. The molecule has 0 unspecified atom stereocenters. The van der Waals surface area contributed by atoms with E-state index >= 15 is 0 Å². The second-order valence-electron chi connectivity index (χ2n) is 4.62. The number of nitrogens with two attached hydrogens (primary N) is 1. The molecular formula is C15H25N3O. The summed E-state index contributed by atoms with van der Waals surface area (Å²) in [6, 6.07) is 7.68. The molecule has 1 rings (SSSR count). The Bertz CT molecular complexity index is 371. The summed E-state index contributed by atoms with van der Waals surface area (Å²) < 4.78 is 0. The maximum Gasteiger partial charge on any atom is 0.220 e. The van der Waals surface area contributed by atoms with E-state index in [4.69, 9.17) is 5.73 Å². The van der Waals surface area contributed by atoms with Crippen LogP contribution in [0.2, 0.25) is 0 Å². The fourth-order valence-corrected chi connectivity index (χ4v) is 1.92. The topological polar surface area (TPSA) is 58.4 Å². The number of aryl methyl sites for hydroxylation is 1. The van der Waals surface area contributed by atoms with Gasteiger partial charge in [-0.25, -0.2) is 0 Å². The zero-order chi connectivity index (χ0) is 14.1. The fourth-order valence-electron chi connectivity index (χ4n) is 1.92. The summed E-state index contributed by atoms with van der Waals surface area (Å²) in [6.45, 7) is 7.96. The molecule has 0 heterocycles. The number of benzene rings is 1. The van der Waals surface area contributed by atoms with Crippen molar-refractivity contribution in [3.05, 3.63) is 29.8 Å². The Morgan fingerprint density at radius 1 is 1.21 bits per heavy atom. The first-order valence-corrected chi connectivity index (χ1v) is 6.99. The van der Waals surface area contributed by atoms with Gasteiger partial charge in [-0.1, -0.05) is 26.0 Å². The molecule has 0 aromatic heterocycles. The molecule has 0 spiro atoms. The molecule has 4 heteroatoms. The molecule has 0 aliphatic heterocycles. The van der Waals surface area contributed by atoms with Gasteiger partial charge < -0.3 is 16.0 Å². The van der Waals surface area contributed by atoms with E-state index in [-0.39, 0.29) is 5.91 Å². The van der Waals surface area contributed by atoms with Crippen LogP contribution < -0.4 is 11.1 Å². The van der Waals surface area contributed by atoms with Gasteiger partial charge >= 0.3 is 0 Å². The quantitative estimate of drug-likeness (QED) is 0.701. The summed E-state index contributed by atoms with van der Waals surface area (Å²) in [5.74, 6) is 0.115. The van der Waals surface area contributed by atoms with Crippen LogP contribution in [0.25, 0.3) is 0 Å². The number of anilines is 1. The normalized spacial score (nSPS) is 10.7. The summed E-state index contributed by atoms with van der Waals surface area (Å²) in [6.07, 6.45) is 1.29. The van der Waals surface area contributed by atoms with Crippen molar-refractivity contribution >= 4 is 11.6 Å². The van der Waals surface area contributed by atoms with Crippen LogP contribution in [0, 0.1) is 0 Å². The summed E-state index contributed by atoms with van der Waals surface area (Å²) in [4.78, 5) is 14.0. The van der Waals surface area contributed by atoms with Gasteiger partial charge in [-0.2, -0.15) is 0 Å². The third-order valence-electron chi connectivity index (χ3n) is 3.27. The monoisotopic (exact) mass is 263 g/mol. The van der Waals surface area contributed by atoms with E-state index < -0.39 is 0 Å². The van der Waals surface area contributed by atoms with Crippen molar-refractivity contribution in [1.82, 2.24) is 10.2 Å². The van der Waals surface area contributed by atoms with E-state index in [1.165, 1.54) is 0 Å². The number of carbonyl (C=O) groups is 1. The maximum absolute atomic E-state index is 11.7. The first kappa shape index (κ1) is 15.5. The highest BCUT2D eigenvalue weighted by molar-refractivity contribution is 5.76. The van der Waals surface area contributed by atoms with E-state index in [0.717, 1.165) is 43.9 Å². The lowest BCUT2D eigenvalue weighted by Crippen LogP contribution is -2.34. The molecule has 0 atom stereocenters. The lowest BCUT2D eigenvalue weighted by Gasteiger charge is -2.17. The van der Waals surface area contributed by atoms with Crippen molar-refractivity contribution in [3.8, 4) is 0 Å². The second kappa shape index (κ2) is 8.53. The van der Waals surface area contributed by atoms with Crippen molar-refractivity contribution in [2.75, 3.05) is 31.9 Å². The van der Waals surface area contributed by atoms with Crippen LogP contribution >= 0.6 is 0 Å². The number of amides is 1. The Balaban J connectivity index is 2.19. The van der Waals surface area contributed by atoms with Crippen molar-refractivity contribution in [2.24, 2.45) is 0 Å². The van der Waals surface area contributed by atoms with Gasteiger partial charge in [0.1, 0.15) is 0 Å². The van der Waals surface area contributed by atoms with E-state index in [1.807, 2.05) is 24.3 Å². The lowest BCUT2D eigenvalue weighted by atomic mass is 10.1. The Morgan fingerprint density at radius 2 is 1.84 bits per heavy atom. The van der Waals surface area contributed by atoms with Crippen LogP contribution in [-0.2, 0) is 11.2 Å². The molecule has 0 bridgehead atoms. The molecule has 0 fully saturated rings. The molecule has 4 nitrogen and oxygen atoms in total. The molecule has 106 valence electrons. The Morgan fingerprint density at radius 3 is 2.42 bits per heavy atom. The minimum absolute atomic E-state index is 0.115. The van der Waals surface area contributed by atoms with Gasteiger partial charge in [-0.15, -0.1) is 0 Å². The average molecular weight is 263 g/mol. The highest BCUT2D eigenvalue weighted by Gasteiger charge is 2.03. The van der Waals surface area contributed by atoms with E-state index in [9.17, 15) is 4.79 Å². The van der Waals surface area contributed by atoms with Crippen LogP contribution in [0.15, 0.2) is 24.3 Å². The Labute approximate surface area is 116 Å². The molecule has 1 amide bonds. The molecule has 0 radical (unpaired) electrons. The number of nitrogen functional groups attached to an aromatic ring is 1. The van der Waals surface area contributed by atoms with Crippen molar-refractivity contribution in [2.45, 2.75) is 26.7 Å². The number of nitrogens with zero attached hydrogens (tertiary/aromatic N) is 1. The Kier molecular flexibility index (Phi) is 6.97. The second-order valence-corrected chi connectivity index (χ2v) is 4.62. The molecule has 0 saturated heterocycles. The average Bonchev–Trinajstić information content (AvgIpc) is 2.43. The third kappa shape index (κ3) is 6.25. The number of hydrogen-bond acceptors (Lipinski definition) is 3. The van der Waals surface area contributed by atoms with Gasteiger partial charge in [-0.05, 0) is 37.2 Å². The maximum atomic E-state index is 11.7. The molecule has 0 saturated carbocycles. The molecule has 19 heavy (non-hydrogen) atoms. The number of nitrogens with one attached hydrogen (secondary N) is 1. The molecule has 0 aliphatic carbocycles. The summed E-state index contributed by atoms with van der Waals surface area (Å²) in [5, 5.41) is 2.96. The van der Waals surface area contributed by atoms with E-state index in [0.29, 0.717) is 6.42 Å². The fraction of sp³-hybridized carbons (Fsp3) is 0.533. The van der Waals surface area contributed by atoms with Crippen molar-refractivity contribution < 1.29 is 4.79 Å². The van der Waals surface area contributed by atoms with Crippen LogP contribution in [0.1, 0.15) is 25.8 Å². The highest BCUT2D eigenvalue weighted by Crippen LogP contribution is 2.07. The number of likely N-dealkylation sites (N-methyl/N-ethyl adjacent to an activating group) is 1. The highest BCUT2D eigenvalue weighted by atomic mass is 16.1. The Hall–Kier alpha value is -1.55. The number of rotatable bonds is 8. The minimum Gasteiger partial charge on any atom is -0.399 e. The standard InChI is InChI=1S/C15H25N3O/c1-3-18(4-2)12-11-17-15(19)10-7-13-5-8-14(16)9-6-13/h5-6,8-9H,3-4,7,10-12,16H2,1-2H3,(H,17,19). The van der Waals surface area contributed by atoms with Crippen LogP contribution in [0.5, 0.6) is 0 Å². The number of hydrogen-bond donors (Lipinski definition) is 2. The first-order valence-electron chi connectivity index (χ1n) is 6.99. The largest absolute Gasteiger partial charge is 0.399 e. The van der Waals surface area contributed by atoms with Gasteiger partial charge in [0.2, 0.25) is 5.91 Å². The zero-order valence-corrected chi connectivity index (χ0v) is 12.0. The lowest BCUT2D eigenvalue weighted by molar-refractivity contribution is -0.121. The van der Waals surface area contributed by atoms with Crippen LogP contribution in [0.3, 0.4) is 0 Å². The van der Waals surface area contributed by atoms with Gasteiger partial charge in [0, 0.05) is 25.2 Å². The van der Waals surface area contributed by atoms with E-state index in [2.05, 4.69) is 24.1 Å². The van der Waals surface area contributed by atoms with Crippen LogP contribution in [0.4, 0.5) is 5.69 Å². The number of carbonyl (C=O) groups excluding carboxylic acids is 1. The first-order chi connectivity index (χ1) is 9.15. The van der Waals surface area contributed by atoms with Crippen molar-refractivity contribution in [1.29, 1.82) is 0 Å². The molecule has 1 aromatic rings. The van der Waals surface area contributed by atoms with Gasteiger partial charge in [-0.3, -0.25) is 4.79 Å². The van der Waals surface area contributed by atoms with Crippen molar-refractivity contribution in [3.63, 3.8) is 0 Å². The van der Waals surface area contributed by atoms with Gasteiger partial charge in [0.25, 0.3) is 0 Å².